The quantitative estimate of drug-likeness (QED) is 0.308. The molecule has 3 rings (SSSR count). The van der Waals surface area contributed by atoms with Gasteiger partial charge in [0.15, 0.2) is 0 Å². The van der Waals surface area contributed by atoms with Crippen molar-refractivity contribution in [3.8, 4) is 11.8 Å². The number of amides is 1. The highest BCUT2D eigenvalue weighted by Gasteiger charge is 2.28. The maximum atomic E-state index is 12.3. The number of aromatic nitrogens is 2. The Morgan fingerprint density at radius 3 is 2.57 bits per heavy atom. The number of nitrogens with zero attached hydrogens (tertiary/aromatic N) is 4. The van der Waals surface area contributed by atoms with Crippen molar-refractivity contribution in [2.75, 3.05) is 24.5 Å². The second-order valence-electron chi connectivity index (χ2n) is 5.04. The van der Waals surface area contributed by atoms with Crippen LogP contribution in [-0.4, -0.2) is 44.5 Å². The molecule has 5 nitrogen and oxygen atoms in total. The molecular weight excluding hydrogens is 403 g/mol. The first kappa shape index (κ1) is 15.7. The molecule has 1 aliphatic rings. The fraction of sp³-hybridized carbons (Fsp3) is 0.235. The van der Waals surface area contributed by atoms with Crippen LogP contribution in [0.4, 0.5) is 5.95 Å². The van der Waals surface area contributed by atoms with E-state index >= 15 is 0 Å². The van der Waals surface area contributed by atoms with E-state index in [9.17, 15) is 4.79 Å². The normalized spacial score (nSPS) is 17.3. The minimum absolute atomic E-state index is 0.131. The number of anilines is 1. The molecule has 2 aromatic rings. The van der Waals surface area contributed by atoms with Crippen molar-refractivity contribution in [1.82, 2.24) is 14.9 Å². The van der Waals surface area contributed by atoms with Gasteiger partial charge in [-0.15, -0.1) is 0 Å². The Hall–Kier alpha value is -2.14. The summed E-state index contributed by atoms with van der Waals surface area (Å²) in [5.74, 6) is 6.21. The van der Waals surface area contributed by atoms with Crippen LogP contribution < -0.4 is 4.90 Å². The minimum Gasteiger partial charge on any atom is -0.327 e. The number of halogens is 1. The van der Waals surface area contributed by atoms with E-state index in [0.717, 1.165) is 5.56 Å². The molecule has 0 spiro atoms. The number of carbonyl (C=O) groups excluding carboxylic acids is 1. The zero-order valence-electron chi connectivity index (χ0n) is 12.4. The number of carbonyl (C=O) groups is 1. The molecule has 1 aromatic carbocycles. The van der Waals surface area contributed by atoms with Crippen LogP contribution >= 0.6 is 22.6 Å². The van der Waals surface area contributed by atoms with Crippen LogP contribution in [0.3, 0.4) is 0 Å². The molecule has 0 N–H and O–H groups in total. The van der Waals surface area contributed by atoms with Crippen molar-refractivity contribution in [3.05, 3.63) is 54.4 Å². The van der Waals surface area contributed by atoms with Gasteiger partial charge in [-0.1, -0.05) is 46.7 Å². The third kappa shape index (κ3) is 3.99. The molecule has 23 heavy (non-hydrogen) atoms. The van der Waals surface area contributed by atoms with E-state index in [-0.39, 0.29) is 9.96 Å². The molecule has 1 atom stereocenters. The smallest absolute Gasteiger partial charge is 0.298 e. The summed E-state index contributed by atoms with van der Waals surface area (Å²) in [4.78, 5) is 24.7. The summed E-state index contributed by atoms with van der Waals surface area (Å²) >= 11 is 2.31. The van der Waals surface area contributed by atoms with Crippen LogP contribution in [0.25, 0.3) is 0 Å². The molecule has 0 aliphatic carbocycles. The van der Waals surface area contributed by atoms with Gasteiger partial charge in [0.25, 0.3) is 5.91 Å². The van der Waals surface area contributed by atoms with Gasteiger partial charge in [0.2, 0.25) is 5.95 Å². The SMILES string of the molecule is O=C(C#Cc1ccccc1)N1CCN(c2ncccn2)C(I)C1. The lowest BCUT2D eigenvalue weighted by atomic mass is 10.2. The van der Waals surface area contributed by atoms with Gasteiger partial charge in [-0.2, -0.15) is 0 Å². The van der Waals surface area contributed by atoms with Crippen LogP contribution in [0, 0.1) is 11.8 Å². The molecule has 2 heterocycles. The first-order chi connectivity index (χ1) is 11.2. The van der Waals surface area contributed by atoms with Gasteiger partial charge in [0.05, 0.1) is 6.54 Å². The van der Waals surface area contributed by atoms with E-state index in [2.05, 4.69) is 49.3 Å². The topological polar surface area (TPSA) is 49.3 Å². The van der Waals surface area contributed by atoms with Crippen molar-refractivity contribution in [2.45, 2.75) is 4.05 Å². The molecule has 0 radical (unpaired) electrons. The summed E-state index contributed by atoms with van der Waals surface area (Å²) in [5.41, 5.74) is 0.850. The van der Waals surface area contributed by atoms with Crippen molar-refractivity contribution in [3.63, 3.8) is 0 Å². The predicted molar refractivity (Wildman–Crippen MR) is 97.1 cm³/mol. The molecule has 116 valence electrons. The van der Waals surface area contributed by atoms with Gasteiger partial charge in [0, 0.05) is 37.0 Å². The molecule has 6 heteroatoms. The van der Waals surface area contributed by atoms with Gasteiger partial charge >= 0.3 is 0 Å². The molecule has 0 bridgehead atoms. The van der Waals surface area contributed by atoms with Crippen LogP contribution in [-0.2, 0) is 4.79 Å². The number of hydrogen-bond donors (Lipinski definition) is 0. The fourth-order valence-electron chi connectivity index (χ4n) is 2.32. The van der Waals surface area contributed by atoms with Crippen LogP contribution in [0.15, 0.2) is 48.8 Å². The molecule has 1 saturated heterocycles. The summed E-state index contributed by atoms with van der Waals surface area (Å²) < 4.78 is 0.131. The first-order valence-corrected chi connectivity index (χ1v) is 8.52. The number of hydrogen-bond acceptors (Lipinski definition) is 4. The fourth-order valence-corrected chi connectivity index (χ4v) is 3.32. The van der Waals surface area contributed by atoms with Crippen molar-refractivity contribution >= 4 is 34.4 Å². The number of rotatable bonds is 1. The van der Waals surface area contributed by atoms with E-state index in [1.54, 1.807) is 23.4 Å². The second kappa shape index (κ2) is 7.42. The van der Waals surface area contributed by atoms with E-state index in [1.807, 2.05) is 30.3 Å². The van der Waals surface area contributed by atoms with E-state index < -0.39 is 0 Å². The lowest BCUT2D eigenvalue weighted by Gasteiger charge is -2.37. The highest BCUT2D eigenvalue weighted by molar-refractivity contribution is 14.1. The van der Waals surface area contributed by atoms with Gasteiger partial charge in [-0.05, 0) is 18.2 Å². The van der Waals surface area contributed by atoms with Crippen LogP contribution in [0.1, 0.15) is 5.56 Å². The Kier molecular flexibility index (Phi) is 5.08. The van der Waals surface area contributed by atoms with Gasteiger partial charge in [-0.3, -0.25) is 4.79 Å². The predicted octanol–water partition coefficient (Wildman–Crippen LogP) is 1.94. The highest BCUT2D eigenvalue weighted by atomic mass is 127. The lowest BCUT2D eigenvalue weighted by molar-refractivity contribution is -0.125. The summed E-state index contributed by atoms with van der Waals surface area (Å²) in [7, 11) is 0. The van der Waals surface area contributed by atoms with Crippen molar-refractivity contribution in [2.24, 2.45) is 0 Å². The van der Waals surface area contributed by atoms with Crippen LogP contribution in [0.5, 0.6) is 0 Å². The van der Waals surface area contributed by atoms with Gasteiger partial charge in [0.1, 0.15) is 4.05 Å². The summed E-state index contributed by atoms with van der Waals surface area (Å²) in [6.45, 7) is 1.94. The van der Waals surface area contributed by atoms with E-state index in [1.165, 1.54) is 0 Å². The van der Waals surface area contributed by atoms with Gasteiger partial charge in [-0.25, -0.2) is 9.97 Å². The zero-order chi connectivity index (χ0) is 16.1. The van der Waals surface area contributed by atoms with Crippen molar-refractivity contribution in [1.29, 1.82) is 0 Å². The Labute approximate surface area is 148 Å². The highest BCUT2D eigenvalue weighted by Crippen LogP contribution is 2.20. The first-order valence-electron chi connectivity index (χ1n) is 7.28. The average molecular weight is 418 g/mol. The Morgan fingerprint density at radius 2 is 1.87 bits per heavy atom. The largest absolute Gasteiger partial charge is 0.327 e. The minimum atomic E-state index is -0.135. The Balaban J connectivity index is 1.64. The molecular formula is C17H15IN4O. The Morgan fingerprint density at radius 1 is 1.13 bits per heavy atom. The molecule has 1 aliphatic heterocycles. The molecule has 0 saturated carbocycles. The van der Waals surface area contributed by atoms with E-state index in [4.69, 9.17) is 0 Å². The molecule has 1 amide bonds. The summed E-state index contributed by atoms with van der Waals surface area (Å²) in [5, 5.41) is 0. The van der Waals surface area contributed by atoms with E-state index in [0.29, 0.717) is 25.6 Å². The number of alkyl halides is 1. The lowest BCUT2D eigenvalue weighted by Crippen LogP contribution is -2.52. The monoisotopic (exact) mass is 418 g/mol. The van der Waals surface area contributed by atoms with Crippen LogP contribution in [0.2, 0.25) is 0 Å². The number of piperazine rings is 1. The molecule has 1 aromatic heterocycles. The average Bonchev–Trinajstić information content (AvgIpc) is 2.61. The Bertz CT molecular complexity index is 727. The van der Waals surface area contributed by atoms with Crippen molar-refractivity contribution < 1.29 is 4.79 Å². The number of benzene rings is 1. The maximum absolute atomic E-state index is 12.3. The molecule has 1 fully saturated rings. The maximum Gasteiger partial charge on any atom is 0.298 e. The summed E-state index contributed by atoms with van der Waals surface area (Å²) in [6, 6.07) is 11.3. The zero-order valence-corrected chi connectivity index (χ0v) is 14.6. The third-order valence-corrected chi connectivity index (χ3v) is 4.57. The third-order valence-electron chi connectivity index (χ3n) is 3.50. The standard InChI is InChI=1S/C17H15IN4O/c18-15-13-21(11-12-22(15)17-19-9-4-10-20-17)16(23)8-7-14-5-2-1-3-6-14/h1-6,9-10,15H,11-13H2. The van der Waals surface area contributed by atoms with Gasteiger partial charge < -0.3 is 9.80 Å². The second-order valence-corrected chi connectivity index (χ2v) is 6.48. The summed E-state index contributed by atoms with van der Waals surface area (Å²) in [6.07, 6.45) is 3.46. The molecule has 1 unspecified atom stereocenters.